The van der Waals surface area contributed by atoms with Crippen LogP contribution < -0.4 is 0 Å². The molecule has 0 spiro atoms. The topological polar surface area (TPSA) is 56.7 Å². The molecule has 0 fully saturated rings. The van der Waals surface area contributed by atoms with E-state index in [-0.39, 0.29) is 0 Å². The summed E-state index contributed by atoms with van der Waals surface area (Å²) in [4.78, 5) is 5.36. The summed E-state index contributed by atoms with van der Waals surface area (Å²) >= 11 is 7.74. The fraction of sp³-hybridized carbons (Fsp3) is 0. The zero-order chi connectivity index (χ0) is 14.9. The molecule has 0 unspecified atom stereocenters. The smallest absolute Gasteiger partial charge is 0.261 e. The summed E-state index contributed by atoms with van der Waals surface area (Å²) in [5.41, 5.74) is 1.55. The molecule has 3 heterocycles. The minimum atomic E-state index is 0.432. The highest BCUT2D eigenvalue weighted by atomic mass is 35.5. The monoisotopic (exact) mass is 328 g/mol. The Kier molecular flexibility index (Phi) is 3.25. The molecule has 5 nitrogen and oxygen atoms in total. The van der Waals surface area contributed by atoms with Crippen LogP contribution in [0.4, 0.5) is 0 Å². The fourth-order valence-corrected chi connectivity index (χ4v) is 2.92. The Hall–Kier alpha value is -2.44. The molecular formula is C15H9ClN4OS. The van der Waals surface area contributed by atoms with E-state index in [0.29, 0.717) is 16.7 Å². The third-order valence-electron chi connectivity index (χ3n) is 3.10. The van der Waals surface area contributed by atoms with Crippen LogP contribution in [0.15, 0.2) is 58.7 Å². The van der Waals surface area contributed by atoms with E-state index in [1.54, 1.807) is 22.2 Å². The van der Waals surface area contributed by atoms with Gasteiger partial charge in [-0.2, -0.15) is 10.1 Å². The fourth-order valence-electron chi connectivity index (χ4n) is 2.05. The van der Waals surface area contributed by atoms with Gasteiger partial charge < -0.3 is 4.52 Å². The molecule has 108 valence electrons. The molecule has 22 heavy (non-hydrogen) atoms. The van der Waals surface area contributed by atoms with E-state index in [1.165, 1.54) is 0 Å². The molecule has 0 radical (unpaired) electrons. The average Bonchev–Trinajstić information content (AvgIpc) is 3.27. The highest BCUT2D eigenvalue weighted by molar-refractivity contribution is 7.13. The third kappa shape index (κ3) is 2.32. The van der Waals surface area contributed by atoms with Crippen LogP contribution in [-0.2, 0) is 0 Å². The Morgan fingerprint density at radius 3 is 2.86 bits per heavy atom. The summed E-state index contributed by atoms with van der Waals surface area (Å²) in [5, 5.41) is 10.9. The number of para-hydroxylation sites is 1. The first-order chi connectivity index (χ1) is 10.8. The molecule has 0 amide bonds. The molecular weight excluding hydrogens is 320 g/mol. The maximum Gasteiger partial charge on any atom is 0.261 e. The van der Waals surface area contributed by atoms with Gasteiger partial charge in [-0.15, -0.1) is 11.3 Å². The number of benzene rings is 1. The maximum absolute atomic E-state index is 6.17. The Morgan fingerprint density at radius 2 is 2.05 bits per heavy atom. The van der Waals surface area contributed by atoms with Gasteiger partial charge in [-0.05, 0) is 23.6 Å². The van der Waals surface area contributed by atoms with Crippen molar-refractivity contribution in [2.45, 2.75) is 0 Å². The SMILES string of the molecule is Clc1ccccc1-n1cc(-c2nc(-c3cccs3)no2)cn1. The van der Waals surface area contributed by atoms with Crippen LogP contribution in [0, 0.1) is 0 Å². The van der Waals surface area contributed by atoms with Crippen molar-refractivity contribution < 1.29 is 4.52 Å². The van der Waals surface area contributed by atoms with Gasteiger partial charge in [0.2, 0.25) is 5.82 Å². The second-order valence-corrected chi connectivity index (χ2v) is 5.88. The number of aromatic nitrogens is 4. The van der Waals surface area contributed by atoms with E-state index in [0.717, 1.165) is 16.1 Å². The summed E-state index contributed by atoms with van der Waals surface area (Å²) in [5.74, 6) is 1.01. The molecule has 4 rings (SSSR count). The van der Waals surface area contributed by atoms with Gasteiger partial charge in [-0.3, -0.25) is 0 Å². The van der Waals surface area contributed by atoms with Crippen molar-refractivity contribution >= 4 is 22.9 Å². The zero-order valence-corrected chi connectivity index (χ0v) is 12.8. The molecule has 7 heteroatoms. The second kappa shape index (κ2) is 5.40. The van der Waals surface area contributed by atoms with Crippen molar-refractivity contribution in [3.05, 3.63) is 59.2 Å². The predicted molar refractivity (Wildman–Crippen MR) is 85.2 cm³/mol. The Morgan fingerprint density at radius 1 is 1.14 bits per heavy atom. The minimum absolute atomic E-state index is 0.432. The van der Waals surface area contributed by atoms with E-state index >= 15 is 0 Å². The zero-order valence-electron chi connectivity index (χ0n) is 11.2. The first-order valence-electron chi connectivity index (χ1n) is 6.49. The van der Waals surface area contributed by atoms with Gasteiger partial charge >= 0.3 is 0 Å². The molecule has 3 aromatic heterocycles. The van der Waals surface area contributed by atoms with Crippen LogP contribution in [0.1, 0.15) is 0 Å². The number of nitrogens with zero attached hydrogens (tertiary/aromatic N) is 4. The van der Waals surface area contributed by atoms with Crippen LogP contribution in [0.25, 0.3) is 27.8 Å². The highest BCUT2D eigenvalue weighted by Gasteiger charge is 2.14. The van der Waals surface area contributed by atoms with Gasteiger partial charge in [0.15, 0.2) is 0 Å². The number of hydrogen-bond donors (Lipinski definition) is 0. The van der Waals surface area contributed by atoms with Crippen LogP contribution in [-0.4, -0.2) is 19.9 Å². The first kappa shape index (κ1) is 13.2. The molecule has 0 atom stereocenters. The molecule has 0 aliphatic carbocycles. The van der Waals surface area contributed by atoms with Gasteiger partial charge in [0, 0.05) is 6.20 Å². The Balaban J connectivity index is 1.69. The van der Waals surface area contributed by atoms with E-state index in [9.17, 15) is 0 Å². The predicted octanol–water partition coefficient (Wildman–Crippen LogP) is 4.30. The molecule has 1 aromatic carbocycles. The van der Waals surface area contributed by atoms with Crippen molar-refractivity contribution in [1.29, 1.82) is 0 Å². The number of thiophene rings is 1. The van der Waals surface area contributed by atoms with E-state index in [4.69, 9.17) is 16.1 Å². The first-order valence-corrected chi connectivity index (χ1v) is 7.74. The van der Waals surface area contributed by atoms with Gasteiger partial charge in [-0.1, -0.05) is 35.0 Å². The lowest BCUT2D eigenvalue weighted by Gasteiger charge is -2.02. The van der Waals surface area contributed by atoms with Gasteiger partial charge in [-0.25, -0.2) is 4.68 Å². The molecule has 0 bridgehead atoms. The molecule has 0 aliphatic rings. The molecule has 0 saturated carbocycles. The van der Waals surface area contributed by atoms with Crippen LogP contribution in [0.5, 0.6) is 0 Å². The maximum atomic E-state index is 6.17. The molecule has 0 saturated heterocycles. The summed E-state index contributed by atoms with van der Waals surface area (Å²) in [6, 6.07) is 11.4. The van der Waals surface area contributed by atoms with E-state index < -0.39 is 0 Å². The third-order valence-corrected chi connectivity index (χ3v) is 4.28. The summed E-state index contributed by atoms with van der Waals surface area (Å²) in [7, 11) is 0. The number of rotatable bonds is 3. The van der Waals surface area contributed by atoms with Crippen LogP contribution >= 0.6 is 22.9 Å². The van der Waals surface area contributed by atoms with Crippen molar-refractivity contribution in [3.63, 3.8) is 0 Å². The summed E-state index contributed by atoms with van der Waals surface area (Å²) in [6.07, 6.45) is 3.49. The quantitative estimate of drug-likeness (QED) is 0.562. The molecule has 0 aliphatic heterocycles. The van der Waals surface area contributed by atoms with E-state index in [1.807, 2.05) is 48.0 Å². The molecule has 0 N–H and O–H groups in total. The van der Waals surface area contributed by atoms with Gasteiger partial charge in [0.05, 0.1) is 27.3 Å². The number of hydrogen-bond acceptors (Lipinski definition) is 5. The standard InChI is InChI=1S/C15H9ClN4OS/c16-11-4-1-2-5-12(11)20-9-10(8-17-20)15-18-14(19-21-15)13-6-3-7-22-13/h1-9H. The lowest BCUT2D eigenvalue weighted by Crippen LogP contribution is -1.94. The highest BCUT2D eigenvalue weighted by Crippen LogP contribution is 2.26. The number of halogens is 1. The Bertz CT molecular complexity index is 913. The summed E-state index contributed by atoms with van der Waals surface area (Å²) in [6.45, 7) is 0. The van der Waals surface area contributed by atoms with Crippen molar-refractivity contribution in [2.75, 3.05) is 0 Å². The van der Waals surface area contributed by atoms with Crippen molar-refractivity contribution in [3.8, 4) is 27.8 Å². The van der Waals surface area contributed by atoms with Gasteiger partial charge in [0.25, 0.3) is 5.89 Å². The Labute approximate surface area is 134 Å². The van der Waals surface area contributed by atoms with Crippen LogP contribution in [0.2, 0.25) is 5.02 Å². The van der Waals surface area contributed by atoms with Crippen LogP contribution in [0.3, 0.4) is 0 Å². The van der Waals surface area contributed by atoms with Gasteiger partial charge in [0.1, 0.15) is 0 Å². The summed E-state index contributed by atoms with van der Waals surface area (Å²) < 4.78 is 7.00. The largest absolute Gasteiger partial charge is 0.333 e. The lowest BCUT2D eigenvalue weighted by atomic mass is 10.3. The normalized spacial score (nSPS) is 11.0. The lowest BCUT2D eigenvalue weighted by molar-refractivity contribution is 0.432. The van der Waals surface area contributed by atoms with E-state index in [2.05, 4.69) is 15.2 Å². The second-order valence-electron chi connectivity index (χ2n) is 4.53. The minimum Gasteiger partial charge on any atom is -0.333 e. The van der Waals surface area contributed by atoms with Crippen molar-refractivity contribution in [2.24, 2.45) is 0 Å². The van der Waals surface area contributed by atoms with Crippen molar-refractivity contribution in [1.82, 2.24) is 19.9 Å². The average molecular weight is 329 g/mol. The molecule has 4 aromatic rings.